The summed E-state index contributed by atoms with van der Waals surface area (Å²) in [7, 11) is 0. The van der Waals surface area contributed by atoms with E-state index in [9.17, 15) is 0 Å². The van der Waals surface area contributed by atoms with Crippen molar-refractivity contribution in [3.63, 3.8) is 0 Å². The van der Waals surface area contributed by atoms with Gasteiger partial charge < -0.3 is 8.98 Å². The second kappa shape index (κ2) is 9.07. The first-order valence-electron chi connectivity index (χ1n) is 15.5. The molecule has 0 saturated heterocycles. The van der Waals surface area contributed by atoms with Crippen molar-refractivity contribution in [3.05, 3.63) is 140 Å². The highest BCUT2D eigenvalue weighted by Gasteiger charge is 2.19. The first kappa shape index (κ1) is 24.8. The maximum absolute atomic E-state index is 6.46. The van der Waals surface area contributed by atoms with Crippen LogP contribution in [0.2, 0.25) is 0 Å². The van der Waals surface area contributed by atoms with E-state index in [-0.39, 0.29) is 0 Å². The van der Waals surface area contributed by atoms with Crippen molar-refractivity contribution < 1.29 is 4.42 Å². The third-order valence-electron chi connectivity index (χ3n) is 9.60. The molecule has 0 aliphatic carbocycles. The number of hydrogen-bond acceptors (Lipinski definition) is 3. The Balaban J connectivity index is 1.17. The summed E-state index contributed by atoms with van der Waals surface area (Å²) in [6.45, 7) is 0. The van der Waals surface area contributed by atoms with Crippen molar-refractivity contribution in [3.8, 4) is 16.8 Å². The number of nitrogens with zero attached hydrogens (tertiary/aromatic N) is 1. The second-order valence-electron chi connectivity index (χ2n) is 12.1. The molecular weight excluding hydrogens is 599 g/mol. The van der Waals surface area contributed by atoms with Crippen LogP contribution in [-0.2, 0) is 0 Å². The zero-order chi connectivity index (χ0) is 29.9. The Kier molecular flexibility index (Phi) is 4.90. The normalized spacial score (nSPS) is 12.3. The molecule has 0 aliphatic rings. The maximum atomic E-state index is 6.46. The van der Waals surface area contributed by atoms with E-state index in [1.54, 1.807) is 0 Å². The summed E-state index contributed by atoms with van der Waals surface area (Å²) in [5, 5.41) is 10.1. The van der Waals surface area contributed by atoms with E-state index in [1.807, 2.05) is 28.7 Å². The van der Waals surface area contributed by atoms with Crippen LogP contribution < -0.4 is 0 Å². The molecule has 0 fully saturated rings. The lowest BCUT2D eigenvalue weighted by Crippen LogP contribution is -1.93. The molecule has 11 rings (SSSR count). The highest BCUT2D eigenvalue weighted by atomic mass is 32.1. The molecule has 4 aromatic heterocycles. The van der Waals surface area contributed by atoms with Gasteiger partial charge in [0.15, 0.2) is 0 Å². The zero-order valence-electron chi connectivity index (χ0n) is 24.5. The Bertz CT molecular complexity index is 3040. The lowest BCUT2D eigenvalue weighted by molar-refractivity contribution is 0.670. The Labute approximate surface area is 270 Å². The molecule has 0 saturated carbocycles. The van der Waals surface area contributed by atoms with E-state index >= 15 is 0 Å². The van der Waals surface area contributed by atoms with Crippen molar-refractivity contribution in [1.82, 2.24) is 4.57 Å². The van der Waals surface area contributed by atoms with Crippen LogP contribution in [0.4, 0.5) is 0 Å². The van der Waals surface area contributed by atoms with Gasteiger partial charge in [0.25, 0.3) is 0 Å². The molecular formula is C42H23NOS2. The minimum absolute atomic E-state index is 0.928. The van der Waals surface area contributed by atoms with Gasteiger partial charge >= 0.3 is 0 Å². The van der Waals surface area contributed by atoms with Crippen LogP contribution in [0, 0.1) is 0 Å². The van der Waals surface area contributed by atoms with Gasteiger partial charge in [0.1, 0.15) is 11.2 Å². The fourth-order valence-electron chi connectivity index (χ4n) is 7.56. The van der Waals surface area contributed by atoms with Gasteiger partial charge in [-0.15, -0.1) is 22.7 Å². The van der Waals surface area contributed by atoms with Gasteiger partial charge in [0, 0.05) is 78.7 Å². The molecule has 0 bridgehead atoms. The quantitative estimate of drug-likeness (QED) is 0.188. The van der Waals surface area contributed by atoms with Gasteiger partial charge in [0.05, 0.1) is 11.0 Å². The van der Waals surface area contributed by atoms with Crippen molar-refractivity contribution >= 4 is 107 Å². The van der Waals surface area contributed by atoms with Gasteiger partial charge in [-0.05, 0) is 48.5 Å². The number of hydrogen-bond donors (Lipinski definition) is 0. The molecule has 46 heavy (non-hydrogen) atoms. The fraction of sp³-hybridized carbons (Fsp3) is 0. The first-order valence-corrected chi connectivity index (χ1v) is 17.1. The van der Waals surface area contributed by atoms with Crippen LogP contribution >= 0.6 is 22.7 Å². The van der Waals surface area contributed by atoms with E-state index < -0.39 is 0 Å². The predicted octanol–water partition coefficient (Wildman–Crippen LogP) is 13.1. The van der Waals surface area contributed by atoms with Crippen LogP contribution in [0.1, 0.15) is 0 Å². The summed E-state index contributed by atoms with van der Waals surface area (Å²) in [4.78, 5) is 0. The van der Waals surface area contributed by atoms with E-state index in [0.29, 0.717) is 0 Å². The molecule has 0 spiro atoms. The van der Waals surface area contributed by atoms with Crippen molar-refractivity contribution in [2.24, 2.45) is 0 Å². The van der Waals surface area contributed by atoms with Crippen molar-refractivity contribution in [2.75, 3.05) is 0 Å². The molecule has 4 heterocycles. The van der Waals surface area contributed by atoms with Gasteiger partial charge in [0.2, 0.25) is 0 Å². The van der Waals surface area contributed by atoms with E-state index in [4.69, 9.17) is 4.42 Å². The molecule has 214 valence electrons. The molecule has 0 atom stereocenters. The van der Waals surface area contributed by atoms with E-state index in [0.717, 1.165) is 27.5 Å². The summed E-state index contributed by atoms with van der Waals surface area (Å²) < 4.78 is 14.2. The third-order valence-corrected chi connectivity index (χ3v) is 12.0. The van der Waals surface area contributed by atoms with Crippen LogP contribution in [0.3, 0.4) is 0 Å². The Morgan fingerprint density at radius 1 is 0.413 bits per heavy atom. The van der Waals surface area contributed by atoms with Gasteiger partial charge in [-0.2, -0.15) is 0 Å². The number of thiophene rings is 2. The Hall–Kier alpha value is -5.42. The molecule has 0 amide bonds. The topological polar surface area (TPSA) is 18.1 Å². The summed E-state index contributed by atoms with van der Waals surface area (Å²) in [5.41, 5.74) is 7.90. The smallest absolute Gasteiger partial charge is 0.143 e. The Morgan fingerprint density at radius 2 is 1.13 bits per heavy atom. The zero-order valence-corrected chi connectivity index (χ0v) is 26.1. The fourth-order valence-corrected chi connectivity index (χ4v) is 9.89. The molecule has 0 unspecified atom stereocenters. The third kappa shape index (κ3) is 3.30. The number of rotatable bonds is 2. The standard InChI is InChI=1S/C42H23NOS2/c1-4-16-35-25(9-1)32-22-34-27-11-3-6-18-38(27)45-40(34)23-36(32)43(35)24-19-20-39-33(21-24)31-15-8-14-30(42(31)46-39)29-13-7-12-28-26-10-2-5-17-37(26)44-41(28)29/h1-23H. The lowest BCUT2D eigenvalue weighted by atomic mass is 10.00. The van der Waals surface area contributed by atoms with Gasteiger partial charge in [-0.25, -0.2) is 0 Å². The highest BCUT2D eigenvalue weighted by Crippen LogP contribution is 2.45. The minimum atomic E-state index is 0.928. The van der Waals surface area contributed by atoms with Gasteiger partial charge in [-0.3, -0.25) is 0 Å². The average molecular weight is 622 g/mol. The summed E-state index contributed by atoms with van der Waals surface area (Å²) in [5.74, 6) is 0. The minimum Gasteiger partial charge on any atom is -0.455 e. The second-order valence-corrected chi connectivity index (χ2v) is 14.2. The van der Waals surface area contributed by atoms with Crippen LogP contribution in [-0.4, -0.2) is 4.57 Å². The molecule has 7 aromatic carbocycles. The monoisotopic (exact) mass is 621 g/mol. The van der Waals surface area contributed by atoms with Crippen molar-refractivity contribution in [2.45, 2.75) is 0 Å². The summed E-state index contributed by atoms with van der Waals surface area (Å²) >= 11 is 3.74. The number of aromatic nitrogens is 1. The first-order chi connectivity index (χ1) is 22.8. The lowest BCUT2D eigenvalue weighted by Gasteiger charge is -2.08. The van der Waals surface area contributed by atoms with Crippen LogP contribution in [0.5, 0.6) is 0 Å². The van der Waals surface area contributed by atoms with Crippen molar-refractivity contribution in [1.29, 1.82) is 0 Å². The van der Waals surface area contributed by atoms with Gasteiger partial charge in [-0.1, -0.05) is 91.0 Å². The maximum Gasteiger partial charge on any atom is 0.143 e. The number of fused-ring (bicyclic) bond motifs is 12. The molecule has 4 heteroatoms. The van der Waals surface area contributed by atoms with E-state index in [1.165, 1.54) is 73.4 Å². The van der Waals surface area contributed by atoms with E-state index in [2.05, 4.69) is 138 Å². The Morgan fingerprint density at radius 3 is 2.07 bits per heavy atom. The average Bonchev–Trinajstić information content (AvgIpc) is 3.85. The summed E-state index contributed by atoms with van der Waals surface area (Å²) in [6.07, 6.45) is 0. The predicted molar refractivity (Wildman–Crippen MR) is 199 cm³/mol. The summed E-state index contributed by atoms with van der Waals surface area (Å²) in [6, 6.07) is 50.9. The molecule has 2 nitrogen and oxygen atoms in total. The van der Waals surface area contributed by atoms with Crippen LogP contribution in [0.15, 0.2) is 144 Å². The van der Waals surface area contributed by atoms with Crippen LogP contribution in [0.25, 0.3) is 101 Å². The number of para-hydroxylation sites is 3. The number of furan rings is 1. The SMILES string of the molecule is c1ccc2c(c1)oc1c(-c3cccc4c3sc3ccc(-n5c6ccccc6c6cc7c(cc65)sc5ccccc57)cc34)cccc12. The molecule has 11 aromatic rings. The molecule has 0 radical (unpaired) electrons. The highest BCUT2D eigenvalue weighted by molar-refractivity contribution is 7.26. The number of benzene rings is 7. The molecule has 0 N–H and O–H groups in total. The largest absolute Gasteiger partial charge is 0.455 e. The molecule has 0 aliphatic heterocycles.